The van der Waals surface area contributed by atoms with Gasteiger partial charge in [-0.2, -0.15) is 0 Å². The number of hydrogen-bond acceptors (Lipinski definition) is 8. The summed E-state index contributed by atoms with van der Waals surface area (Å²) in [5.74, 6) is 0.817. The van der Waals surface area contributed by atoms with Crippen LogP contribution in [0, 0.1) is 10.1 Å². The van der Waals surface area contributed by atoms with Crippen molar-refractivity contribution < 1.29 is 14.1 Å². The number of H-pyrrole nitrogens is 1. The van der Waals surface area contributed by atoms with E-state index in [2.05, 4.69) is 20.6 Å². The van der Waals surface area contributed by atoms with E-state index in [1.807, 2.05) is 6.92 Å². The summed E-state index contributed by atoms with van der Waals surface area (Å²) in [7, 11) is 0. The van der Waals surface area contributed by atoms with Gasteiger partial charge in [0.2, 0.25) is 5.58 Å². The minimum Gasteiger partial charge on any atom is -0.494 e. The molecule has 0 bridgehead atoms. The molecule has 28 heavy (non-hydrogen) atoms. The summed E-state index contributed by atoms with van der Waals surface area (Å²) in [6.45, 7) is 2.43. The van der Waals surface area contributed by atoms with Crippen LogP contribution in [0.25, 0.3) is 33.5 Å². The zero-order valence-electron chi connectivity index (χ0n) is 14.6. The van der Waals surface area contributed by atoms with E-state index in [-0.39, 0.29) is 22.7 Å². The van der Waals surface area contributed by atoms with E-state index in [1.54, 1.807) is 30.3 Å². The molecule has 2 aromatic heterocycles. The molecule has 0 aliphatic rings. The first kappa shape index (κ1) is 17.3. The summed E-state index contributed by atoms with van der Waals surface area (Å²) in [6, 6.07) is 11.7. The summed E-state index contributed by atoms with van der Waals surface area (Å²) < 4.78 is 10.6. The largest absolute Gasteiger partial charge is 0.494 e. The molecule has 0 aliphatic heterocycles. The number of hydrogen-bond donors (Lipinski definition) is 1. The zero-order valence-corrected chi connectivity index (χ0v) is 14.6. The van der Waals surface area contributed by atoms with E-state index < -0.39 is 10.5 Å². The highest BCUT2D eigenvalue weighted by atomic mass is 16.6. The van der Waals surface area contributed by atoms with Crippen molar-refractivity contribution in [3.05, 3.63) is 63.0 Å². The number of tetrazole rings is 1. The third-order valence-electron chi connectivity index (χ3n) is 4.11. The van der Waals surface area contributed by atoms with E-state index >= 15 is 0 Å². The second-order valence-electron chi connectivity index (χ2n) is 5.83. The molecule has 0 fully saturated rings. The van der Waals surface area contributed by atoms with Gasteiger partial charge in [-0.15, -0.1) is 5.10 Å². The van der Waals surface area contributed by atoms with Crippen molar-refractivity contribution >= 4 is 16.7 Å². The smallest absolute Gasteiger partial charge is 0.347 e. The highest BCUT2D eigenvalue weighted by Crippen LogP contribution is 2.33. The first-order valence-corrected chi connectivity index (χ1v) is 8.30. The predicted octanol–water partition coefficient (Wildman–Crippen LogP) is 2.95. The highest BCUT2D eigenvalue weighted by Gasteiger charge is 2.20. The first-order chi connectivity index (χ1) is 13.6. The Morgan fingerprint density at radius 1 is 1.18 bits per heavy atom. The number of aromatic amines is 1. The van der Waals surface area contributed by atoms with Crippen LogP contribution in [0.3, 0.4) is 0 Å². The molecular weight excluding hydrogens is 366 g/mol. The molecule has 140 valence electrons. The van der Waals surface area contributed by atoms with Crippen molar-refractivity contribution in [3.63, 3.8) is 0 Å². The Kier molecular flexibility index (Phi) is 4.28. The molecule has 0 saturated heterocycles. The Morgan fingerprint density at radius 3 is 2.61 bits per heavy atom. The van der Waals surface area contributed by atoms with E-state index in [4.69, 9.17) is 9.15 Å². The molecule has 2 heterocycles. The van der Waals surface area contributed by atoms with E-state index in [0.29, 0.717) is 23.3 Å². The number of ether oxygens (including phenoxy) is 1. The van der Waals surface area contributed by atoms with E-state index in [0.717, 1.165) is 5.56 Å². The molecule has 4 aromatic rings. The molecule has 0 saturated carbocycles. The standard InChI is InChI=1S/C18H13N5O5/c1-2-27-13-5-3-10(4-6-13)11-7-12-8-14(17-19-21-22-20-17)18(24)28-16(12)15(9-11)23(25)26/h3-9H,2H2,1H3,(H,19,20,21,22). The molecule has 0 aliphatic carbocycles. The zero-order chi connectivity index (χ0) is 19.7. The Hall–Kier alpha value is -4.08. The maximum Gasteiger partial charge on any atom is 0.347 e. The second-order valence-corrected chi connectivity index (χ2v) is 5.83. The van der Waals surface area contributed by atoms with Crippen LogP contribution in [0.5, 0.6) is 5.75 Å². The molecule has 0 radical (unpaired) electrons. The van der Waals surface area contributed by atoms with Crippen LogP contribution < -0.4 is 10.4 Å². The average molecular weight is 379 g/mol. The second kappa shape index (κ2) is 6.91. The average Bonchev–Trinajstić information content (AvgIpc) is 3.22. The minimum atomic E-state index is -0.775. The van der Waals surface area contributed by atoms with Crippen molar-refractivity contribution in [1.29, 1.82) is 0 Å². The lowest BCUT2D eigenvalue weighted by Gasteiger charge is -2.07. The SMILES string of the molecule is CCOc1ccc(-c2cc([N+](=O)[O-])c3oc(=O)c(-c4nnn[nH]4)cc3c2)cc1. The summed E-state index contributed by atoms with van der Waals surface area (Å²) in [5, 5.41) is 25.0. The van der Waals surface area contributed by atoms with Crippen molar-refractivity contribution in [2.24, 2.45) is 0 Å². The number of nitrogens with one attached hydrogen (secondary N) is 1. The van der Waals surface area contributed by atoms with Gasteiger partial charge in [-0.05, 0) is 52.7 Å². The number of benzene rings is 2. The molecule has 10 heteroatoms. The van der Waals surface area contributed by atoms with Gasteiger partial charge in [0.15, 0.2) is 5.82 Å². The van der Waals surface area contributed by atoms with Crippen molar-refractivity contribution in [3.8, 4) is 28.3 Å². The maximum atomic E-state index is 12.2. The molecule has 0 unspecified atom stereocenters. The molecule has 0 atom stereocenters. The van der Waals surface area contributed by atoms with Gasteiger partial charge in [0.1, 0.15) is 11.3 Å². The first-order valence-electron chi connectivity index (χ1n) is 8.30. The Bertz CT molecular complexity index is 1220. The van der Waals surface area contributed by atoms with Crippen LogP contribution in [-0.2, 0) is 0 Å². The van der Waals surface area contributed by atoms with Crippen LogP contribution in [0.4, 0.5) is 5.69 Å². The molecule has 1 N–H and O–H groups in total. The Morgan fingerprint density at radius 2 is 1.96 bits per heavy atom. The van der Waals surface area contributed by atoms with Crippen LogP contribution in [0.1, 0.15) is 6.92 Å². The van der Waals surface area contributed by atoms with Crippen molar-refractivity contribution in [2.75, 3.05) is 6.61 Å². The molecule has 10 nitrogen and oxygen atoms in total. The topological polar surface area (TPSA) is 137 Å². The lowest BCUT2D eigenvalue weighted by molar-refractivity contribution is -0.383. The number of nitrogens with zero attached hydrogens (tertiary/aromatic N) is 4. The maximum absolute atomic E-state index is 12.2. The Balaban J connectivity index is 1.91. The van der Waals surface area contributed by atoms with Gasteiger partial charge < -0.3 is 9.15 Å². The van der Waals surface area contributed by atoms with Crippen LogP contribution >= 0.6 is 0 Å². The van der Waals surface area contributed by atoms with Gasteiger partial charge >= 0.3 is 11.3 Å². The van der Waals surface area contributed by atoms with E-state index in [1.165, 1.54) is 12.1 Å². The van der Waals surface area contributed by atoms with Gasteiger partial charge in [0, 0.05) is 11.5 Å². The fourth-order valence-electron chi connectivity index (χ4n) is 2.87. The summed E-state index contributed by atoms with van der Waals surface area (Å²) in [4.78, 5) is 23.2. The van der Waals surface area contributed by atoms with Gasteiger partial charge in [0.05, 0.1) is 11.5 Å². The molecule has 2 aromatic carbocycles. The van der Waals surface area contributed by atoms with Gasteiger partial charge in [-0.3, -0.25) is 10.1 Å². The lowest BCUT2D eigenvalue weighted by Crippen LogP contribution is -2.05. The lowest BCUT2D eigenvalue weighted by atomic mass is 10.0. The third kappa shape index (κ3) is 3.07. The fraction of sp³-hybridized carbons (Fsp3) is 0.111. The fourth-order valence-corrected chi connectivity index (χ4v) is 2.87. The summed E-state index contributed by atoms with van der Waals surface area (Å²) in [5.41, 5.74) is 0.237. The summed E-state index contributed by atoms with van der Waals surface area (Å²) >= 11 is 0. The quantitative estimate of drug-likeness (QED) is 0.317. The van der Waals surface area contributed by atoms with Crippen LogP contribution in [-0.4, -0.2) is 32.2 Å². The number of aromatic nitrogens is 4. The number of nitro groups is 1. The van der Waals surface area contributed by atoms with Crippen LogP contribution in [0.2, 0.25) is 0 Å². The summed E-state index contributed by atoms with van der Waals surface area (Å²) in [6.07, 6.45) is 0. The minimum absolute atomic E-state index is 0.0793. The normalized spacial score (nSPS) is 10.9. The molecule has 4 rings (SSSR count). The molecule has 0 amide bonds. The van der Waals surface area contributed by atoms with Crippen molar-refractivity contribution in [2.45, 2.75) is 6.92 Å². The van der Waals surface area contributed by atoms with E-state index in [9.17, 15) is 14.9 Å². The van der Waals surface area contributed by atoms with Gasteiger partial charge in [-0.1, -0.05) is 12.1 Å². The number of non-ortho nitro benzene ring substituents is 1. The number of nitro benzene ring substituents is 1. The third-order valence-corrected chi connectivity index (χ3v) is 4.11. The number of fused-ring (bicyclic) bond motifs is 1. The highest BCUT2D eigenvalue weighted by molar-refractivity contribution is 5.92. The molecule has 0 spiro atoms. The monoisotopic (exact) mass is 379 g/mol. The predicted molar refractivity (Wildman–Crippen MR) is 98.9 cm³/mol. The van der Waals surface area contributed by atoms with Crippen molar-refractivity contribution in [1.82, 2.24) is 20.6 Å². The molecular formula is C18H13N5O5. The van der Waals surface area contributed by atoms with Gasteiger partial charge in [0.25, 0.3) is 0 Å². The van der Waals surface area contributed by atoms with Gasteiger partial charge in [-0.25, -0.2) is 9.89 Å². The Labute approximate surface area is 156 Å². The van der Waals surface area contributed by atoms with Crippen LogP contribution in [0.15, 0.2) is 51.7 Å². The number of rotatable bonds is 5.